The molecule has 1 aliphatic heterocycles. The van der Waals surface area contributed by atoms with Gasteiger partial charge < -0.3 is 9.64 Å². The molecule has 0 aromatic heterocycles. The molecule has 1 fully saturated rings. The highest BCUT2D eigenvalue weighted by molar-refractivity contribution is 5.82. The number of amides is 1. The van der Waals surface area contributed by atoms with E-state index >= 15 is 0 Å². The average Bonchev–Trinajstić information content (AvgIpc) is 2.51. The Kier molecular flexibility index (Phi) is 3.79. The van der Waals surface area contributed by atoms with Gasteiger partial charge >= 0.3 is 0 Å². The molecule has 0 N–H and O–H groups in total. The fraction of sp³-hybridized carbons (Fsp3) is 0.235. The fourth-order valence-electron chi connectivity index (χ4n) is 2.31. The van der Waals surface area contributed by atoms with E-state index in [1.165, 1.54) is 0 Å². The summed E-state index contributed by atoms with van der Waals surface area (Å²) in [6.07, 6.45) is 0.391. The summed E-state index contributed by atoms with van der Waals surface area (Å²) in [7, 11) is 0. The molecule has 1 amide bonds. The normalized spacial score (nSPS) is 17.9. The van der Waals surface area contributed by atoms with Crippen LogP contribution >= 0.6 is 0 Å². The Balaban J connectivity index is 1.56. The minimum atomic E-state index is -0.0945. The number of carbonyl (C=O) groups is 1. The third kappa shape index (κ3) is 2.89. The van der Waals surface area contributed by atoms with Crippen molar-refractivity contribution in [3.8, 4) is 0 Å². The number of β-lactam (4-membered cyclic amide) rings is 1. The molecule has 1 aliphatic rings. The van der Waals surface area contributed by atoms with Gasteiger partial charge in [0.2, 0.25) is 5.91 Å². The lowest BCUT2D eigenvalue weighted by Gasteiger charge is -2.40. The smallest absolute Gasteiger partial charge is 0.229 e. The van der Waals surface area contributed by atoms with Gasteiger partial charge in [0.05, 0.1) is 13.0 Å². The predicted molar refractivity (Wildman–Crippen MR) is 76.6 cm³/mol. The maximum Gasteiger partial charge on any atom is 0.229 e. The number of ether oxygens (including phenoxy) is 1. The summed E-state index contributed by atoms with van der Waals surface area (Å²) in [6.45, 7) is 1.17. The van der Waals surface area contributed by atoms with E-state index in [-0.39, 0.29) is 12.1 Å². The molecule has 1 heterocycles. The van der Waals surface area contributed by atoms with E-state index in [4.69, 9.17) is 4.74 Å². The molecule has 3 nitrogen and oxygen atoms in total. The zero-order valence-corrected chi connectivity index (χ0v) is 11.2. The van der Waals surface area contributed by atoms with Gasteiger partial charge in [-0.1, -0.05) is 60.7 Å². The van der Waals surface area contributed by atoms with Crippen LogP contribution in [0.1, 0.15) is 17.5 Å². The highest BCUT2D eigenvalue weighted by atomic mass is 16.5. The fourth-order valence-corrected chi connectivity index (χ4v) is 2.31. The van der Waals surface area contributed by atoms with E-state index in [1.54, 1.807) is 4.90 Å². The summed E-state index contributed by atoms with van der Waals surface area (Å²) in [4.78, 5) is 13.5. The standard InChI is InChI=1S/C17H17NO2/c19-16-11-17(20-13-15-9-5-2-6-10-15)18(16)12-14-7-3-1-4-8-14/h1-10,17H,11-13H2. The maximum absolute atomic E-state index is 11.7. The lowest BCUT2D eigenvalue weighted by Crippen LogP contribution is -2.53. The lowest BCUT2D eigenvalue weighted by atomic mass is 10.1. The van der Waals surface area contributed by atoms with Gasteiger partial charge in [0, 0.05) is 6.54 Å². The molecule has 0 bridgehead atoms. The van der Waals surface area contributed by atoms with Crippen LogP contribution < -0.4 is 0 Å². The van der Waals surface area contributed by atoms with E-state index in [2.05, 4.69) is 0 Å². The van der Waals surface area contributed by atoms with Crippen LogP contribution in [0.5, 0.6) is 0 Å². The van der Waals surface area contributed by atoms with Crippen LogP contribution in [0.25, 0.3) is 0 Å². The quantitative estimate of drug-likeness (QED) is 0.779. The molecular weight excluding hydrogens is 250 g/mol. The SMILES string of the molecule is O=C1CC(OCc2ccccc2)N1Cc1ccccc1. The van der Waals surface area contributed by atoms with Crippen molar-refractivity contribution in [2.24, 2.45) is 0 Å². The van der Waals surface area contributed by atoms with Crippen molar-refractivity contribution in [1.82, 2.24) is 4.90 Å². The molecular formula is C17H17NO2. The summed E-state index contributed by atoms with van der Waals surface area (Å²) in [6, 6.07) is 20.0. The molecule has 2 aromatic carbocycles. The Morgan fingerprint density at radius 1 is 0.950 bits per heavy atom. The number of hydrogen-bond acceptors (Lipinski definition) is 2. The molecule has 3 rings (SSSR count). The van der Waals surface area contributed by atoms with Crippen LogP contribution in [0, 0.1) is 0 Å². The Hall–Kier alpha value is -2.13. The summed E-state index contributed by atoms with van der Waals surface area (Å²) < 4.78 is 5.82. The van der Waals surface area contributed by atoms with E-state index in [1.807, 2.05) is 60.7 Å². The van der Waals surface area contributed by atoms with Gasteiger partial charge in [0.1, 0.15) is 6.23 Å². The Morgan fingerprint density at radius 2 is 1.55 bits per heavy atom. The molecule has 0 spiro atoms. The number of nitrogens with zero attached hydrogens (tertiary/aromatic N) is 1. The van der Waals surface area contributed by atoms with Crippen LogP contribution in [0.3, 0.4) is 0 Å². The average molecular weight is 267 g/mol. The van der Waals surface area contributed by atoms with Crippen LogP contribution in [0.15, 0.2) is 60.7 Å². The Morgan fingerprint density at radius 3 is 2.15 bits per heavy atom. The van der Waals surface area contributed by atoms with E-state index in [0.717, 1.165) is 11.1 Å². The number of benzene rings is 2. The maximum atomic E-state index is 11.7. The van der Waals surface area contributed by atoms with E-state index in [0.29, 0.717) is 19.6 Å². The molecule has 0 saturated carbocycles. The van der Waals surface area contributed by atoms with Crippen molar-refractivity contribution in [3.05, 3.63) is 71.8 Å². The molecule has 1 saturated heterocycles. The van der Waals surface area contributed by atoms with Crippen LogP contribution in [0.2, 0.25) is 0 Å². The third-order valence-electron chi connectivity index (χ3n) is 3.50. The molecule has 3 heteroatoms. The number of likely N-dealkylation sites (tertiary alicyclic amines) is 1. The topological polar surface area (TPSA) is 29.5 Å². The first-order valence-corrected chi connectivity index (χ1v) is 6.82. The second-order valence-electron chi connectivity index (χ2n) is 4.96. The number of hydrogen-bond donors (Lipinski definition) is 0. The first kappa shape index (κ1) is 12.9. The molecule has 1 atom stereocenters. The molecule has 2 aromatic rings. The first-order valence-electron chi connectivity index (χ1n) is 6.82. The van der Waals surface area contributed by atoms with Gasteiger partial charge in [-0.3, -0.25) is 4.79 Å². The van der Waals surface area contributed by atoms with Crippen molar-refractivity contribution in [1.29, 1.82) is 0 Å². The van der Waals surface area contributed by atoms with Gasteiger partial charge in [0.25, 0.3) is 0 Å². The second-order valence-corrected chi connectivity index (χ2v) is 4.96. The predicted octanol–water partition coefficient (Wildman–Crippen LogP) is 2.96. The summed E-state index contributed by atoms with van der Waals surface area (Å²) in [5.41, 5.74) is 2.26. The Bertz CT molecular complexity index is 568. The zero-order chi connectivity index (χ0) is 13.8. The highest BCUT2D eigenvalue weighted by Crippen LogP contribution is 2.24. The number of rotatable bonds is 5. The lowest BCUT2D eigenvalue weighted by molar-refractivity contribution is -0.178. The van der Waals surface area contributed by atoms with Gasteiger partial charge in [-0.15, -0.1) is 0 Å². The van der Waals surface area contributed by atoms with Crippen LogP contribution in [-0.4, -0.2) is 17.0 Å². The summed E-state index contributed by atoms with van der Waals surface area (Å²) in [5, 5.41) is 0. The van der Waals surface area contributed by atoms with Crippen molar-refractivity contribution in [2.75, 3.05) is 0 Å². The molecule has 102 valence electrons. The summed E-state index contributed by atoms with van der Waals surface area (Å²) in [5.74, 6) is 0.159. The monoisotopic (exact) mass is 267 g/mol. The highest BCUT2D eigenvalue weighted by Gasteiger charge is 2.36. The van der Waals surface area contributed by atoms with Crippen molar-refractivity contribution < 1.29 is 9.53 Å². The minimum absolute atomic E-state index is 0.0945. The van der Waals surface area contributed by atoms with E-state index < -0.39 is 0 Å². The van der Waals surface area contributed by atoms with Crippen LogP contribution in [0.4, 0.5) is 0 Å². The minimum Gasteiger partial charge on any atom is -0.353 e. The molecule has 0 radical (unpaired) electrons. The van der Waals surface area contributed by atoms with E-state index in [9.17, 15) is 4.79 Å². The van der Waals surface area contributed by atoms with Crippen molar-refractivity contribution in [3.63, 3.8) is 0 Å². The molecule has 0 aliphatic carbocycles. The third-order valence-corrected chi connectivity index (χ3v) is 3.50. The molecule has 1 unspecified atom stereocenters. The van der Waals surface area contributed by atoms with Gasteiger partial charge in [0.15, 0.2) is 0 Å². The second kappa shape index (κ2) is 5.88. The van der Waals surface area contributed by atoms with Gasteiger partial charge in [-0.25, -0.2) is 0 Å². The van der Waals surface area contributed by atoms with Gasteiger partial charge in [-0.05, 0) is 11.1 Å². The number of carbonyl (C=O) groups excluding carboxylic acids is 1. The Labute approximate surface area is 118 Å². The van der Waals surface area contributed by atoms with Crippen molar-refractivity contribution >= 4 is 5.91 Å². The zero-order valence-electron chi connectivity index (χ0n) is 11.2. The van der Waals surface area contributed by atoms with Crippen LogP contribution in [-0.2, 0) is 22.7 Å². The summed E-state index contributed by atoms with van der Waals surface area (Å²) >= 11 is 0. The largest absolute Gasteiger partial charge is 0.353 e. The first-order chi connectivity index (χ1) is 9.83. The van der Waals surface area contributed by atoms with Crippen molar-refractivity contribution in [2.45, 2.75) is 25.8 Å². The molecule has 20 heavy (non-hydrogen) atoms. The van der Waals surface area contributed by atoms with Gasteiger partial charge in [-0.2, -0.15) is 0 Å².